The Kier molecular flexibility index (Phi) is 4.86. The summed E-state index contributed by atoms with van der Waals surface area (Å²) in [7, 11) is 0. The molecule has 7 nitrogen and oxygen atoms in total. The highest BCUT2D eigenvalue weighted by molar-refractivity contribution is 6.32. The molecule has 3 N–H and O–H groups in total. The van der Waals surface area contributed by atoms with Crippen LogP contribution >= 0.6 is 23.2 Å². The van der Waals surface area contributed by atoms with Crippen LogP contribution in [0.3, 0.4) is 0 Å². The molecule has 0 saturated carbocycles. The Balaban J connectivity index is 1.76. The van der Waals surface area contributed by atoms with Crippen LogP contribution in [0.1, 0.15) is 0 Å². The molecule has 0 spiro atoms. The number of amides is 4. The van der Waals surface area contributed by atoms with Crippen molar-refractivity contribution in [3.63, 3.8) is 0 Å². The fourth-order valence-electron chi connectivity index (χ4n) is 1.74. The monoisotopic (exact) mass is 317 g/mol. The highest BCUT2D eigenvalue weighted by Crippen LogP contribution is 2.18. The second-order valence-electron chi connectivity index (χ2n) is 4.10. The van der Waals surface area contributed by atoms with E-state index in [-0.39, 0.29) is 16.3 Å². The average Bonchev–Trinajstić information content (AvgIpc) is 2.73. The lowest BCUT2D eigenvalue weighted by molar-refractivity contribution is 0.216. The molecular formula is C11H13Cl2N5O2. The van der Waals surface area contributed by atoms with Crippen LogP contribution in [0.4, 0.5) is 15.3 Å². The number of urea groups is 2. The van der Waals surface area contributed by atoms with Crippen molar-refractivity contribution in [2.45, 2.75) is 0 Å². The van der Waals surface area contributed by atoms with Gasteiger partial charge < -0.3 is 20.9 Å². The van der Waals surface area contributed by atoms with E-state index in [1.54, 1.807) is 4.90 Å². The molecule has 0 unspecified atom stereocenters. The first-order chi connectivity index (χ1) is 9.54. The van der Waals surface area contributed by atoms with Crippen LogP contribution in [-0.4, -0.2) is 48.1 Å². The van der Waals surface area contributed by atoms with E-state index in [0.29, 0.717) is 31.9 Å². The number of anilines is 1. The summed E-state index contributed by atoms with van der Waals surface area (Å²) in [5.74, 6) is 0. The van der Waals surface area contributed by atoms with Crippen molar-refractivity contribution in [2.24, 2.45) is 0 Å². The van der Waals surface area contributed by atoms with Crippen molar-refractivity contribution in [1.29, 1.82) is 0 Å². The lowest BCUT2D eigenvalue weighted by atomic mass is 10.4. The number of rotatable bonds is 4. The molecule has 0 aromatic carbocycles. The van der Waals surface area contributed by atoms with E-state index in [1.807, 2.05) is 0 Å². The average molecular weight is 318 g/mol. The normalized spacial score (nSPS) is 14.1. The van der Waals surface area contributed by atoms with Gasteiger partial charge in [-0.2, -0.15) is 0 Å². The fourth-order valence-corrected chi connectivity index (χ4v) is 2.20. The highest BCUT2D eigenvalue weighted by atomic mass is 35.5. The third-order valence-corrected chi connectivity index (χ3v) is 3.02. The maximum atomic E-state index is 11.6. The highest BCUT2D eigenvalue weighted by Gasteiger charge is 2.18. The maximum absolute atomic E-state index is 11.6. The lowest BCUT2D eigenvalue weighted by Crippen LogP contribution is -2.38. The van der Waals surface area contributed by atoms with E-state index in [9.17, 15) is 9.59 Å². The van der Waals surface area contributed by atoms with E-state index in [1.165, 1.54) is 12.1 Å². The standard InChI is InChI=1S/C11H13Cl2N5O2/c12-8-5-7(6-9(13)17-8)16-10(19)14-1-3-18-4-2-15-11(18)20/h5-6H,1-4H2,(H,15,20)(H2,14,16,17,19). The molecule has 2 rings (SSSR count). The summed E-state index contributed by atoms with van der Waals surface area (Å²) in [4.78, 5) is 28.3. The Morgan fingerprint density at radius 3 is 2.70 bits per heavy atom. The van der Waals surface area contributed by atoms with Gasteiger partial charge in [-0.05, 0) is 12.1 Å². The number of nitrogens with zero attached hydrogens (tertiary/aromatic N) is 2. The number of carbonyl (C=O) groups excluding carboxylic acids is 2. The molecule has 1 aliphatic rings. The van der Waals surface area contributed by atoms with Gasteiger partial charge in [-0.15, -0.1) is 0 Å². The number of pyridine rings is 1. The molecule has 9 heteroatoms. The first-order valence-corrected chi connectivity index (χ1v) is 6.71. The van der Waals surface area contributed by atoms with Gasteiger partial charge in [0, 0.05) is 31.9 Å². The number of aromatic nitrogens is 1. The fraction of sp³-hybridized carbons (Fsp3) is 0.364. The molecule has 0 radical (unpaired) electrons. The van der Waals surface area contributed by atoms with Crippen LogP contribution in [0.25, 0.3) is 0 Å². The van der Waals surface area contributed by atoms with Crippen molar-refractivity contribution in [2.75, 3.05) is 31.5 Å². The van der Waals surface area contributed by atoms with E-state index >= 15 is 0 Å². The van der Waals surface area contributed by atoms with Gasteiger partial charge in [0.25, 0.3) is 0 Å². The minimum absolute atomic E-state index is 0.111. The molecule has 0 atom stereocenters. The van der Waals surface area contributed by atoms with Crippen molar-refractivity contribution in [3.05, 3.63) is 22.4 Å². The van der Waals surface area contributed by atoms with Crippen molar-refractivity contribution in [1.82, 2.24) is 20.5 Å². The zero-order valence-electron chi connectivity index (χ0n) is 10.4. The third kappa shape index (κ3) is 4.14. The van der Waals surface area contributed by atoms with Gasteiger partial charge in [0.05, 0.1) is 0 Å². The Hall–Kier alpha value is -1.73. The summed E-state index contributed by atoms with van der Waals surface area (Å²) < 4.78 is 0. The molecule has 1 aromatic heterocycles. The minimum atomic E-state index is -0.400. The third-order valence-electron chi connectivity index (χ3n) is 2.63. The topological polar surface area (TPSA) is 86.4 Å². The molecular weight excluding hydrogens is 305 g/mol. The minimum Gasteiger partial charge on any atom is -0.336 e. The molecule has 1 aromatic rings. The molecule has 20 heavy (non-hydrogen) atoms. The molecule has 1 fully saturated rings. The van der Waals surface area contributed by atoms with Crippen LogP contribution in [0, 0.1) is 0 Å². The number of halogens is 2. The maximum Gasteiger partial charge on any atom is 0.319 e. The summed E-state index contributed by atoms with van der Waals surface area (Å²) in [6, 6.07) is 2.46. The second kappa shape index (κ2) is 6.62. The van der Waals surface area contributed by atoms with Gasteiger partial charge in [0.1, 0.15) is 10.3 Å². The van der Waals surface area contributed by atoms with Gasteiger partial charge >= 0.3 is 12.1 Å². The van der Waals surface area contributed by atoms with Gasteiger partial charge in [0.15, 0.2) is 0 Å². The van der Waals surface area contributed by atoms with Gasteiger partial charge in [-0.25, -0.2) is 14.6 Å². The van der Waals surface area contributed by atoms with Crippen LogP contribution in [-0.2, 0) is 0 Å². The Morgan fingerprint density at radius 2 is 2.10 bits per heavy atom. The summed E-state index contributed by atoms with van der Waals surface area (Å²) in [5.41, 5.74) is 0.450. The summed E-state index contributed by atoms with van der Waals surface area (Å²) >= 11 is 11.4. The van der Waals surface area contributed by atoms with Gasteiger partial charge in [-0.3, -0.25) is 0 Å². The largest absolute Gasteiger partial charge is 0.336 e. The van der Waals surface area contributed by atoms with Gasteiger partial charge in [0.2, 0.25) is 0 Å². The van der Waals surface area contributed by atoms with Crippen molar-refractivity contribution >= 4 is 41.0 Å². The van der Waals surface area contributed by atoms with E-state index in [2.05, 4.69) is 20.9 Å². The molecule has 108 valence electrons. The zero-order valence-corrected chi connectivity index (χ0v) is 12.0. The summed E-state index contributed by atoms with van der Waals surface area (Å²) in [6.07, 6.45) is 0. The molecule has 1 aliphatic heterocycles. The predicted octanol–water partition coefficient (Wildman–Crippen LogP) is 1.54. The van der Waals surface area contributed by atoms with Crippen LogP contribution in [0.15, 0.2) is 12.1 Å². The van der Waals surface area contributed by atoms with Crippen molar-refractivity contribution < 1.29 is 9.59 Å². The molecule has 2 heterocycles. The van der Waals surface area contributed by atoms with Gasteiger partial charge in [-0.1, -0.05) is 23.2 Å². The van der Waals surface area contributed by atoms with Crippen LogP contribution < -0.4 is 16.0 Å². The quantitative estimate of drug-likeness (QED) is 0.736. The smallest absolute Gasteiger partial charge is 0.319 e. The molecule has 1 saturated heterocycles. The number of hydrogen-bond donors (Lipinski definition) is 3. The number of nitrogens with one attached hydrogen (secondary N) is 3. The predicted molar refractivity (Wildman–Crippen MR) is 76.3 cm³/mol. The first-order valence-electron chi connectivity index (χ1n) is 5.95. The Bertz CT molecular complexity index is 505. The molecule has 4 amide bonds. The summed E-state index contributed by atoms with van der Waals surface area (Å²) in [6.45, 7) is 2.10. The van der Waals surface area contributed by atoms with Crippen molar-refractivity contribution in [3.8, 4) is 0 Å². The SMILES string of the molecule is O=C(NCCN1CCNC1=O)Nc1cc(Cl)nc(Cl)c1. The van der Waals surface area contributed by atoms with E-state index in [4.69, 9.17) is 23.2 Å². The first kappa shape index (κ1) is 14.7. The second-order valence-corrected chi connectivity index (χ2v) is 4.88. The molecule has 0 bridgehead atoms. The number of carbonyl (C=O) groups is 2. The Morgan fingerprint density at radius 1 is 1.40 bits per heavy atom. The van der Waals surface area contributed by atoms with E-state index in [0.717, 1.165) is 0 Å². The number of hydrogen-bond acceptors (Lipinski definition) is 3. The summed E-state index contributed by atoms with van der Waals surface area (Å²) in [5, 5.41) is 8.30. The lowest BCUT2D eigenvalue weighted by Gasteiger charge is -2.14. The molecule has 0 aliphatic carbocycles. The van der Waals surface area contributed by atoms with Crippen LogP contribution in [0.2, 0.25) is 10.3 Å². The van der Waals surface area contributed by atoms with E-state index < -0.39 is 6.03 Å². The Labute approximate surface area is 125 Å². The zero-order chi connectivity index (χ0) is 14.5. The van der Waals surface area contributed by atoms with Crippen LogP contribution in [0.5, 0.6) is 0 Å².